The van der Waals surface area contributed by atoms with E-state index < -0.39 is 22.4 Å². The Morgan fingerprint density at radius 3 is 3.10 bits per heavy atom. The first kappa shape index (κ1) is 15.1. The Morgan fingerprint density at radius 1 is 1.67 bits per heavy atom. The Kier molecular flexibility index (Phi) is 4.62. The van der Waals surface area contributed by atoms with Crippen LogP contribution < -0.4 is 16.5 Å². The molecule has 21 heavy (non-hydrogen) atoms. The molecule has 1 aromatic rings. The van der Waals surface area contributed by atoms with E-state index in [1.165, 1.54) is 12.1 Å². The Hall–Kier alpha value is -2.30. The molecule has 1 aliphatic heterocycles. The van der Waals surface area contributed by atoms with Gasteiger partial charge in [0.15, 0.2) is 5.76 Å². The first-order valence-electron chi connectivity index (χ1n) is 6.18. The molecule has 0 spiro atoms. The lowest BCUT2D eigenvalue weighted by Crippen LogP contribution is -2.57. The second kappa shape index (κ2) is 6.43. The lowest BCUT2D eigenvalue weighted by molar-refractivity contribution is -0.402. The van der Waals surface area contributed by atoms with E-state index in [4.69, 9.17) is 14.9 Å². The number of rotatable bonds is 5. The number of nitro groups is 1. The van der Waals surface area contributed by atoms with Crippen LogP contribution in [0, 0.1) is 10.1 Å². The van der Waals surface area contributed by atoms with Crippen LogP contribution in [0.1, 0.15) is 12.2 Å². The maximum atomic E-state index is 11.7. The van der Waals surface area contributed by atoms with Crippen molar-refractivity contribution in [1.29, 1.82) is 0 Å². The van der Waals surface area contributed by atoms with Crippen molar-refractivity contribution < 1.29 is 18.9 Å². The fourth-order valence-electron chi connectivity index (χ4n) is 1.78. The standard InChI is InChI=1S/C11H15N5O5/c12-11(7-13-3-4-20-11)5-9(17)15-14-6-8-1-2-10(21-8)16(18)19/h1-2,6,13H,3-5,7,12H2,(H,15,17). The predicted molar refractivity (Wildman–Crippen MR) is 71.5 cm³/mol. The molecule has 1 fully saturated rings. The summed E-state index contributed by atoms with van der Waals surface area (Å²) in [6.07, 6.45) is 1.10. The second-order valence-corrected chi connectivity index (χ2v) is 4.49. The highest BCUT2D eigenvalue weighted by Crippen LogP contribution is 2.14. The predicted octanol–water partition coefficient (Wildman–Crippen LogP) is -0.697. The van der Waals surface area contributed by atoms with Gasteiger partial charge in [-0.2, -0.15) is 5.10 Å². The molecule has 1 aliphatic rings. The Balaban J connectivity index is 1.82. The van der Waals surface area contributed by atoms with Gasteiger partial charge in [-0.1, -0.05) is 0 Å². The van der Waals surface area contributed by atoms with Crippen molar-refractivity contribution in [2.75, 3.05) is 19.7 Å². The van der Waals surface area contributed by atoms with Crippen LogP contribution in [0.4, 0.5) is 5.88 Å². The zero-order valence-electron chi connectivity index (χ0n) is 11.1. The van der Waals surface area contributed by atoms with Crippen molar-refractivity contribution in [3.63, 3.8) is 0 Å². The van der Waals surface area contributed by atoms with E-state index in [0.29, 0.717) is 19.7 Å². The molecule has 0 aliphatic carbocycles. The number of furan rings is 1. The van der Waals surface area contributed by atoms with Crippen LogP contribution in [-0.2, 0) is 9.53 Å². The minimum atomic E-state index is -1.05. The molecule has 0 aromatic carbocycles. The molecule has 1 unspecified atom stereocenters. The van der Waals surface area contributed by atoms with Crippen LogP contribution in [0.5, 0.6) is 0 Å². The van der Waals surface area contributed by atoms with Crippen LogP contribution in [-0.4, -0.2) is 42.5 Å². The largest absolute Gasteiger partial charge is 0.433 e. The normalized spacial score (nSPS) is 22.3. The van der Waals surface area contributed by atoms with Crippen LogP contribution in [0.3, 0.4) is 0 Å². The molecule has 0 radical (unpaired) electrons. The number of ether oxygens (including phenoxy) is 1. The van der Waals surface area contributed by atoms with Gasteiger partial charge in [0.25, 0.3) is 0 Å². The van der Waals surface area contributed by atoms with Gasteiger partial charge < -0.3 is 20.2 Å². The third-order valence-electron chi connectivity index (χ3n) is 2.73. The lowest BCUT2D eigenvalue weighted by atomic mass is 10.1. The summed E-state index contributed by atoms with van der Waals surface area (Å²) < 4.78 is 10.2. The zero-order chi connectivity index (χ0) is 15.3. The Morgan fingerprint density at radius 2 is 2.48 bits per heavy atom. The summed E-state index contributed by atoms with van der Waals surface area (Å²) in [7, 11) is 0. The number of hydrogen-bond acceptors (Lipinski definition) is 8. The molecular formula is C11H15N5O5. The molecule has 1 amide bonds. The summed E-state index contributed by atoms with van der Waals surface area (Å²) in [5.74, 6) is -0.677. The molecule has 114 valence electrons. The van der Waals surface area contributed by atoms with Crippen LogP contribution >= 0.6 is 0 Å². The fraction of sp³-hybridized carbons (Fsp3) is 0.455. The molecule has 10 nitrogen and oxygen atoms in total. The number of nitrogens with two attached hydrogens (primary N) is 1. The van der Waals surface area contributed by atoms with Gasteiger partial charge in [0.2, 0.25) is 5.91 Å². The highest BCUT2D eigenvalue weighted by atomic mass is 16.6. The van der Waals surface area contributed by atoms with Gasteiger partial charge in [-0.3, -0.25) is 14.9 Å². The summed E-state index contributed by atoms with van der Waals surface area (Å²) >= 11 is 0. The quantitative estimate of drug-likeness (QED) is 0.370. The van der Waals surface area contributed by atoms with Crippen LogP contribution in [0.25, 0.3) is 0 Å². The van der Waals surface area contributed by atoms with E-state index in [9.17, 15) is 14.9 Å². The average Bonchev–Trinajstić information content (AvgIpc) is 2.88. The van der Waals surface area contributed by atoms with Gasteiger partial charge in [-0.15, -0.1) is 0 Å². The minimum absolute atomic E-state index is 0.0599. The van der Waals surface area contributed by atoms with Gasteiger partial charge in [-0.05, 0) is 6.07 Å². The van der Waals surface area contributed by atoms with E-state index in [1.54, 1.807) is 0 Å². The summed E-state index contributed by atoms with van der Waals surface area (Å²) in [5, 5.41) is 17.1. The first-order chi connectivity index (χ1) is 9.98. The molecule has 4 N–H and O–H groups in total. The number of nitrogens with zero attached hydrogens (tertiary/aromatic N) is 2. The van der Waals surface area contributed by atoms with Crippen LogP contribution in [0.15, 0.2) is 21.7 Å². The van der Waals surface area contributed by atoms with E-state index in [-0.39, 0.29) is 12.2 Å². The first-order valence-corrected chi connectivity index (χ1v) is 6.18. The number of hydrogen-bond donors (Lipinski definition) is 3. The van der Waals surface area contributed by atoms with Crippen molar-refractivity contribution in [1.82, 2.24) is 10.7 Å². The van der Waals surface area contributed by atoms with Gasteiger partial charge in [0, 0.05) is 13.1 Å². The fourth-order valence-corrected chi connectivity index (χ4v) is 1.78. The molecule has 1 saturated heterocycles. The third kappa shape index (κ3) is 4.34. The molecular weight excluding hydrogens is 282 g/mol. The van der Waals surface area contributed by atoms with Gasteiger partial charge in [0.1, 0.15) is 10.6 Å². The van der Waals surface area contributed by atoms with Crippen molar-refractivity contribution >= 4 is 18.0 Å². The van der Waals surface area contributed by atoms with E-state index in [2.05, 4.69) is 15.8 Å². The number of morpholine rings is 1. The summed E-state index contributed by atoms with van der Waals surface area (Å²) in [5.41, 5.74) is 7.09. The molecule has 10 heteroatoms. The molecule has 0 bridgehead atoms. The summed E-state index contributed by atoms with van der Waals surface area (Å²) in [6.45, 7) is 1.49. The third-order valence-corrected chi connectivity index (χ3v) is 2.73. The number of carbonyl (C=O) groups is 1. The second-order valence-electron chi connectivity index (χ2n) is 4.49. The number of nitrogens with one attached hydrogen (secondary N) is 2. The smallest absolute Gasteiger partial charge is 0.400 e. The monoisotopic (exact) mass is 297 g/mol. The Bertz CT molecular complexity index is 549. The number of amides is 1. The maximum absolute atomic E-state index is 11.7. The molecule has 1 atom stereocenters. The highest BCUT2D eigenvalue weighted by Gasteiger charge is 2.31. The topological polar surface area (TPSA) is 145 Å². The van der Waals surface area contributed by atoms with Gasteiger partial charge in [-0.25, -0.2) is 5.43 Å². The lowest BCUT2D eigenvalue weighted by Gasteiger charge is -2.33. The molecule has 2 rings (SSSR count). The molecule has 2 heterocycles. The minimum Gasteiger partial charge on any atom is -0.400 e. The van der Waals surface area contributed by atoms with E-state index >= 15 is 0 Å². The van der Waals surface area contributed by atoms with Crippen LogP contribution in [0.2, 0.25) is 0 Å². The Labute approximate surface area is 119 Å². The average molecular weight is 297 g/mol. The molecule has 1 aromatic heterocycles. The highest BCUT2D eigenvalue weighted by molar-refractivity contribution is 5.81. The number of carbonyl (C=O) groups excluding carboxylic acids is 1. The zero-order valence-corrected chi connectivity index (χ0v) is 11.1. The van der Waals surface area contributed by atoms with Crippen molar-refractivity contribution in [3.8, 4) is 0 Å². The van der Waals surface area contributed by atoms with Gasteiger partial charge in [0.05, 0.1) is 25.3 Å². The van der Waals surface area contributed by atoms with Gasteiger partial charge >= 0.3 is 5.88 Å². The van der Waals surface area contributed by atoms with E-state index in [1.807, 2.05) is 0 Å². The maximum Gasteiger partial charge on any atom is 0.433 e. The summed E-state index contributed by atoms with van der Waals surface area (Å²) in [4.78, 5) is 21.4. The molecule has 0 saturated carbocycles. The van der Waals surface area contributed by atoms with Crippen molar-refractivity contribution in [2.45, 2.75) is 12.1 Å². The van der Waals surface area contributed by atoms with E-state index in [0.717, 1.165) is 6.21 Å². The number of hydrazone groups is 1. The van der Waals surface area contributed by atoms with Crippen molar-refractivity contribution in [3.05, 3.63) is 28.0 Å². The van der Waals surface area contributed by atoms with Crippen molar-refractivity contribution in [2.24, 2.45) is 10.8 Å². The SMILES string of the molecule is NC1(CC(=O)NN=Cc2ccc([N+](=O)[O-])o2)CNCCO1. The summed E-state index contributed by atoms with van der Waals surface area (Å²) in [6, 6.07) is 2.56.